The minimum Gasteiger partial charge on any atom is -0.351 e. The number of carbonyl (C=O) groups is 3. The Labute approximate surface area is 180 Å². The summed E-state index contributed by atoms with van der Waals surface area (Å²) in [6, 6.07) is 19.6. The Bertz CT molecular complexity index is 1140. The molecule has 158 valence electrons. The molecule has 1 atom stereocenters. The van der Waals surface area contributed by atoms with Crippen LogP contribution in [0.2, 0.25) is 0 Å². The largest absolute Gasteiger partial charge is 0.351 e. The maximum absolute atomic E-state index is 13.2. The number of anilines is 2. The van der Waals surface area contributed by atoms with Crippen LogP contribution in [-0.4, -0.2) is 35.8 Å². The van der Waals surface area contributed by atoms with Crippen molar-refractivity contribution in [3.05, 3.63) is 72.3 Å². The van der Waals surface area contributed by atoms with Gasteiger partial charge in [0.1, 0.15) is 0 Å². The molecule has 4 amide bonds. The van der Waals surface area contributed by atoms with Gasteiger partial charge in [-0.2, -0.15) is 0 Å². The van der Waals surface area contributed by atoms with Crippen molar-refractivity contribution in [2.24, 2.45) is 11.7 Å². The van der Waals surface area contributed by atoms with Gasteiger partial charge < -0.3 is 21.3 Å². The molecular weight excluding hydrogens is 392 g/mol. The Morgan fingerprint density at radius 3 is 2.42 bits per heavy atom. The van der Waals surface area contributed by atoms with E-state index in [1.807, 2.05) is 42.5 Å². The molecule has 0 aromatic heterocycles. The Morgan fingerprint density at radius 1 is 0.903 bits per heavy atom. The SMILES string of the molecule is NC(=O)Nc1cccc(NC(=O)C2CCCN(C(=O)c3cccc4ccccc34)C2)c1. The van der Waals surface area contributed by atoms with E-state index < -0.39 is 6.03 Å². The third-order valence-corrected chi connectivity index (χ3v) is 5.50. The first-order chi connectivity index (χ1) is 15.0. The number of hydrogen-bond acceptors (Lipinski definition) is 3. The van der Waals surface area contributed by atoms with E-state index in [1.165, 1.54) is 0 Å². The van der Waals surface area contributed by atoms with Crippen molar-refractivity contribution in [3.63, 3.8) is 0 Å². The van der Waals surface area contributed by atoms with Gasteiger partial charge in [-0.25, -0.2) is 4.79 Å². The number of fused-ring (bicyclic) bond motifs is 1. The Kier molecular flexibility index (Phi) is 5.84. The predicted octanol–water partition coefficient (Wildman–Crippen LogP) is 3.82. The van der Waals surface area contributed by atoms with Crippen LogP contribution in [0.1, 0.15) is 23.2 Å². The van der Waals surface area contributed by atoms with Gasteiger partial charge in [-0.05, 0) is 47.9 Å². The van der Waals surface area contributed by atoms with Crippen molar-refractivity contribution >= 4 is 40.0 Å². The fraction of sp³-hybridized carbons (Fsp3) is 0.208. The number of amides is 4. The summed E-state index contributed by atoms with van der Waals surface area (Å²) in [5, 5.41) is 7.31. The molecule has 1 aliphatic heterocycles. The molecule has 1 saturated heterocycles. The van der Waals surface area contributed by atoms with Gasteiger partial charge in [0, 0.05) is 30.0 Å². The molecule has 3 aromatic rings. The average molecular weight is 416 g/mol. The van der Waals surface area contributed by atoms with Gasteiger partial charge >= 0.3 is 6.03 Å². The zero-order valence-corrected chi connectivity index (χ0v) is 17.0. The lowest BCUT2D eigenvalue weighted by Gasteiger charge is -2.32. The summed E-state index contributed by atoms with van der Waals surface area (Å²) in [6.07, 6.45) is 1.47. The minimum atomic E-state index is -0.668. The van der Waals surface area contributed by atoms with E-state index in [9.17, 15) is 14.4 Å². The monoisotopic (exact) mass is 416 g/mol. The minimum absolute atomic E-state index is 0.0537. The van der Waals surface area contributed by atoms with E-state index in [2.05, 4.69) is 10.6 Å². The highest BCUT2D eigenvalue weighted by atomic mass is 16.2. The molecule has 4 N–H and O–H groups in total. The molecule has 0 aliphatic carbocycles. The molecule has 31 heavy (non-hydrogen) atoms. The molecule has 7 nitrogen and oxygen atoms in total. The van der Waals surface area contributed by atoms with Gasteiger partial charge in [0.05, 0.1) is 5.92 Å². The quantitative estimate of drug-likeness (QED) is 0.602. The van der Waals surface area contributed by atoms with E-state index >= 15 is 0 Å². The molecule has 1 fully saturated rings. The second-order valence-corrected chi connectivity index (χ2v) is 7.68. The summed E-state index contributed by atoms with van der Waals surface area (Å²) >= 11 is 0. The number of hydrogen-bond donors (Lipinski definition) is 3. The van der Waals surface area contributed by atoms with Crippen LogP contribution in [-0.2, 0) is 4.79 Å². The van der Waals surface area contributed by atoms with Crippen LogP contribution in [0.5, 0.6) is 0 Å². The second kappa shape index (κ2) is 8.87. The van der Waals surface area contributed by atoms with E-state index in [0.29, 0.717) is 36.4 Å². The summed E-state index contributed by atoms with van der Waals surface area (Å²) in [4.78, 5) is 38.9. The first-order valence-electron chi connectivity index (χ1n) is 10.3. The second-order valence-electron chi connectivity index (χ2n) is 7.68. The molecule has 1 aliphatic rings. The van der Waals surface area contributed by atoms with Gasteiger partial charge in [-0.3, -0.25) is 9.59 Å². The van der Waals surface area contributed by atoms with Crippen LogP contribution in [0.4, 0.5) is 16.2 Å². The number of rotatable bonds is 4. The van der Waals surface area contributed by atoms with Gasteiger partial charge in [0.15, 0.2) is 0 Å². The van der Waals surface area contributed by atoms with Crippen LogP contribution in [0.25, 0.3) is 10.8 Å². The lowest BCUT2D eigenvalue weighted by atomic mass is 9.95. The highest BCUT2D eigenvalue weighted by Crippen LogP contribution is 2.25. The van der Waals surface area contributed by atoms with Crippen molar-refractivity contribution in [2.75, 3.05) is 23.7 Å². The Balaban J connectivity index is 1.46. The van der Waals surface area contributed by atoms with Crippen molar-refractivity contribution in [1.82, 2.24) is 4.90 Å². The maximum Gasteiger partial charge on any atom is 0.316 e. The Morgan fingerprint density at radius 2 is 1.61 bits per heavy atom. The van der Waals surface area contributed by atoms with Gasteiger partial charge in [-0.1, -0.05) is 42.5 Å². The fourth-order valence-electron chi connectivity index (χ4n) is 4.02. The number of nitrogens with two attached hydrogens (primary N) is 1. The van der Waals surface area contributed by atoms with Crippen LogP contribution in [0, 0.1) is 5.92 Å². The zero-order valence-electron chi connectivity index (χ0n) is 17.0. The highest BCUT2D eigenvalue weighted by Gasteiger charge is 2.29. The number of benzene rings is 3. The van der Waals surface area contributed by atoms with Crippen LogP contribution in [0.15, 0.2) is 66.7 Å². The highest BCUT2D eigenvalue weighted by molar-refractivity contribution is 6.07. The maximum atomic E-state index is 13.2. The smallest absolute Gasteiger partial charge is 0.316 e. The molecular formula is C24H24N4O3. The molecule has 1 unspecified atom stereocenters. The summed E-state index contributed by atoms with van der Waals surface area (Å²) in [5.74, 6) is -0.506. The number of primary amides is 1. The molecule has 0 radical (unpaired) electrons. The molecule has 7 heteroatoms. The number of carbonyl (C=O) groups excluding carboxylic acids is 3. The first kappa shape index (κ1) is 20.4. The number of urea groups is 1. The summed E-state index contributed by atoms with van der Waals surface area (Å²) in [7, 11) is 0. The van der Waals surface area contributed by atoms with Crippen LogP contribution in [0.3, 0.4) is 0 Å². The zero-order chi connectivity index (χ0) is 21.8. The predicted molar refractivity (Wildman–Crippen MR) is 121 cm³/mol. The van der Waals surface area contributed by atoms with Crippen molar-refractivity contribution in [1.29, 1.82) is 0 Å². The number of nitrogens with zero attached hydrogens (tertiary/aromatic N) is 1. The van der Waals surface area contributed by atoms with E-state index in [4.69, 9.17) is 5.73 Å². The molecule has 3 aromatic carbocycles. The van der Waals surface area contributed by atoms with E-state index in [0.717, 1.165) is 17.2 Å². The average Bonchev–Trinajstić information content (AvgIpc) is 2.78. The van der Waals surface area contributed by atoms with Gasteiger partial charge in [0.25, 0.3) is 5.91 Å². The summed E-state index contributed by atoms with van der Waals surface area (Å²) in [5.41, 5.74) is 6.87. The van der Waals surface area contributed by atoms with Crippen molar-refractivity contribution < 1.29 is 14.4 Å². The topological polar surface area (TPSA) is 105 Å². The van der Waals surface area contributed by atoms with Crippen molar-refractivity contribution in [2.45, 2.75) is 12.8 Å². The van der Waals surface area contributed by atoms with Crippen LogP contribution >= 0.6 is 0 Å². The summed E-state index contributed by atoms with van der Waals surface area (Å²) < 4.78 is 0. The number of likely N-dealkylation sites (tertiary alicyclic amines) is 1. The molecule has 0 bridgehead atoms. The number of piperidine rings is 1. The van der Waals surface area contributed by atoms with Gasteiger partial charge in [0.2, 0.25) is 5.91 Å². The van der Waals surface area contributed by atoms with Crippen LogP contribution < -0.4 is 16.4 Å². The Hall–Kier alpha value is -3.87. The van der Waals surface area contributed by atoms with Crippen molar-refractivity contribution in [3.8, 4) is 0 Å². The molecule has 0 saturated carbocycles. The van der Waals surface area contributed by atoms with Gasteiger partial charge in [-0.15, -0.1) is 0 Å². The molecule has 0 spiro atoms. The normalized spacial score (nSPS) is 16.0. The standard InChI is InChI=1S/C24H24N4O3/c25-24(31)27-19-10-4-9-18(14-19)26-22(29)17-8-5-13-28(15-17)23(30)21-12-3-7-16-6-1-2-11-20(16)21/h1-4,6-7,9-12,14,17H,5,8,13,15H2,(H,26,29)(H3,25,27,31). The molecule has 1 heterocycles. The van der Waals surface area contributed by atoms with E-state index in [-0.39, 0.29) is 17.7 Å². The fourth-order valence-corrected chi connectivity index (χ4v) is 4.02. The third-order valence-electron chi connectivity index (χ3n) is 5.50. The number of nitrogens with one attached hydrogen (secondary N) is 2. The lowest BCUT2D eigenvalue weighted by molar-refractivity contribution is -0.121. The lowest BCUT2D eigenvalue weighted by Crippen LogP contribution is -2.43. The van der Waals surface area contributed by atoms with E-state index in [1.54, 1.807) is 29.2 Å². The molecule has 4 rings (SSSR count). The third kappa shape index (κ3) is 4.66. The first-order valence-corrected chi connectivity index (χ1v) is 10.3. The summed E-state index contributed by atoms with van der Waals surface area (Å²) in [6.45, 7) is 0.997.